The predicted octanol–water partition coefficient (Wildman–Crippen LogP) is 15.0. The summed E-state index contributed by atoms with van der Waals surface area (Å²) in [5.41, 5.74) is 9.19. The van der Waals surface area contributed by atoms with Crippen LogP contribution in [0.3, 0.4) is 0 Å². The lowest BCUT2D eigenvalue weighted by Gasteiger charge is -2.35. The zero-order valence-electron chi connectivity index (χ0n) is 86.3. The highest BCUT2D eigenvalue weighted by Crippen LogP contribution is 2.32. The zero-order chi connectivity index (χ0) is 106. The third-order valence-corrected chi connectivity index (χ3v) is 25.8. The second-order valence-electron chi connectivity index (χ2n) is 38.7. The topological polar surface area (TPSA) is 401 Å². The molecule has 5 amide bonds. The van der Waals surface area contributed by atoms with Crippen LogP contribution in [-0.4, -0.2) is 253 Å². The van der Waals surface area contributed by atoms with Gasteiger partial charge < -0.3 is 80.7 Å². The second-order valence-corrected chi connectivity index (χ2v) is 38.7. The molecule has 7 aromatic heterocycles. The molecule has 35 heteroatoms. The van der Waals surface area contributed by atoms with Gasteiger partial charge in [0.25, 0.3) is 38.9 Å². The number of halogens is 3. The van der Waals surface area contributed by atoms with Gasteiger partial charge in [-0.15, -0.1) is 0 Å². The molecule has 0 radical (unpaired) electrons. The molecule has 3 saturated heterocycles. The molecule has 3 fully saturated rings. The average Bonchev–Trinajstić information content (AvgIpc) is 0.798. The summed E-state index contributed by atoms with van der Waals surface area (Å²) in [4.78, 5) is 173. The lowest BCUT2D eigenvalue weighted by atomic mass is 9.92. The van der Waals surface area contributed by atoms with Gasteiger partial charge >= 0.3 is 12.1 Å². The van der Waals surface area contributed by atoms with Crippen molar-refractivity contribution in [3.05, 3.63) is 299 Å². The van der Waals surface area contributed by atoms with E-state index in [0.29, 0.717) is 108 Å². The predicted molar refractivity (Wildman–Crippen MR) is 581 cm³/mol. The van der Waals surface area contributed by atoms with E-state index in [4.69, 9.17) is 0 Å². The Morgan fingerprint density at radius 1 is 0.342 bits per heavy atom. The van der Waals surface area contributed by atoms with E-state index in [9.17, 15) is 70.7 Å². The number of carbonyl (C=O) groups excluding carboxylic acids is 5. The van der Waals surface area contributed by atoms with E-state index in [0.717, 1.165) is 153 Å². The maximum absolute atomic E-state index is 12.3. The Labute approximate surface area is 846 Å². The lowest BCUT2D eigenvalue weighted by Crippen LogP contribution is -2.50. The molecule has 14 aromatic rings. The van der Waals surface area contributed by atoms with Gasteiger partial charge in [0.1, 0.15) is 23.3 Å². The fraction of sp³-hybridized carbons (Fsp3) is 0.387. The fourth-order valence-corrected chi connectivity index (χ4v) is 17.8. The number of aryl methyl sites for hydroxylation is 5. The van der Waals surface area contributed by atoms with Crippen molar-refractivity contribution < 1.29 is 37.1 Å². The number of amides is 5. The molecule has 12 N–H and O–H groups in total. The molecular weight excluding hydrogens is 1860 g/mol. The summed E-state index contributed by atoms with van der Waals surface area (Å²) < 4.78 is 36.9. The molecule has 0 saturated carbocycles. The average molecular weight is 2000 g/mol. The standard InChI is InChI=1S/C17H18F3N3O2.C17H23N3O.C17H22N2O.C16H21N3O2.2C15H19N3O2.C14H17N3O2/c1-10-3-2-4-12-13(10)9-14(21-15(12)24)11-5-7-23(8-6-11)22-16(25)17(18,19)20;1-12-5-4-6-14-15(12)11-16(18-17(14)21)13-7-9-20(10-8-13)19(2)3;20-17-16-8-4-3-7-14(16)13-15(18-17)9-12-19-10-5-1-2-6-11-19;1-11-6-4-7-12-13(11)10-14(18-16(12)21)17-15(20)8-5-9-19(2)3;1-10-5-4-6-11-12(10)9-13(17-15(11)20)16-14(19)7-8-18(2)3;1-18(2)9-5-8-14(19)16-13-10-11-6-3-4-7-12(11)15(20)17-13;1-9-5-4-6-10-11(9)7-12(16-14(10)19)15-13(18)8-17(2)3/h2-4,9,11H,5-8H2,1H3,(H,21,24)(H,22,25);4-6,11,13H,7-10H2,1-3H3,(H,18,21);3-4,7-8,13H,1-2,5-6,9-12H2,(H,18,20);4,6-7,10H,5,8-9H2,1-3H3,(H2,17,18,20,21);4-6,9H,7-8H2,1-3H3,(H2,16,17,19,20);3-4,6-7,10H,5,8-9H2,1-2H3,(H2,16,17,19,20);4-7H,8H2,1-3H3,(H2,15,16,18,19). The number of carbonyl (C=O) groups is 5. The molecule has 7 aromatic carbocycles. The number of benzene rings is 7. The molecule has 32 nitrogen and oxygen atoms in total. The van der Waals surface area contributed by atoms with Gasteiger partial charge in [0.05, 0.1) is 6.54 Å². The van der Waals surface area contributed by atoms with Crippen LogP contribution in [0.15, 0.2) is 216 Å². The molecule has 146 heavy (non-hydrogen) atoms. The number of likely N-dealkylation sites (tertiary alicyclic amines) is 1. The van der Waals surface area contributed by atoms with E-state index in [1.165, 1.54) is 49.3 Å². The number of alkyl halides is 3. The number of anilines is 4. The van der Waals surface area contributed by atoms with Gasteiger partial charge in [0.15, 0.2) is 0 Å². The number of H-pyrrole nitrogens is 7. The zero-order valence-corrected chi connectivity index (χ0v) is 86.3. The van der Waals surface area contributed by atoms with Gasteiger partial charge in [-0.25, -0.2) is 15.0 Å². The van der Waals surface area contributed by atoms with Crippen LogP contribution in [0.1, 0.15) is 140 Å². The normalized spacial score (nSPS) is 13.8. The van der Waals surface area contributed by atoms with E-state index < -0.39 is 12.1 Å². The highest BCUT2D eigenvalue weighted by atomic mass is 19.4. The minimum absolute atomic E-state index is 0.0361. The summed E-state index contributed by atoms with van der Waals surface area (Å²) in [6, 6.07) is 56.7. The molecule has 0 atom stereocenters. The number of fused-ring (bicyclic) bond motifs is 7. The highest BCUT2D eigenvalue weighted by Gasteiger charge is 2.40. The first-order valence-corrected chi connectivity index (χ1v) is 49.5. The third kappa shape index (κ3) is 33.2. The molecule has 0 spiro atoms. The van der Waals surface area contributed by atoms with Crippen LogP contribution in [-0.2, 0) is 30.4 Å². The van der Waals surface area contributed by atoms with Crippen LogP contribution in [0.5, 0.6) is 0 Å². The third-order valence-electron chi connectivity index (χ3n) is 25.8. The summed E-state index contributed by atoms with van der Waals surface area (Å²) in [6.45, 7) is 18.6. The van der Waals surface area contributed by atoms with E-state index in [1.54, 1.807) is 53.4 Å². The molecule has 3 aliphatic rings. The van der Waals surface area contributed by atoms with Crippen LogP contribution in [0, 0.1) is 34.6 Å². The van der Waals surface area contributed by atoms with Crippen molar-refractivity contribution in [1.82, 2.24) is 79.8 Å². The number of hydrogen-bond donors (Lipinski definition) is 12. The van der Waals surface area contributed by atoms with Crippen molar-refractivity contribution in [3.8, 4) is 0 Å². The van der Waals surface area contributed by atoms with Crippen LogP contribution in [0.25, 0.3) is 75.4 Å². The minimum Gasteiger partial charge on any atom is -0.326 e. The van der Waals surface area contributed by atoms with Crippen LogP contribution < -0.4 is 65.6 Å². The molecule has 0 unspecified atom stereocenters. The van der Waals surface area contributed by atoms with Gasteiger partial charge in [-0.05, 0) is 319 Å². The number of hydrogen-bond acceptors (Lipinski definition) is 20. The molecule has 0 bridgehead atoms. The fourth-order valence-electron chi connectivity index (χ4n) is 17.8. The van der Waals surface area contributed by atoms with Crippen LogP contribution in [0.4, 0.5) is 36.4 Å². The first-order chi connectivity index (χ1) is 69.6. The Bertz CT molecular complexity index is 7320. The number of nitrogens with zero attached hydrogens (tertiary/aromatic N) is 8. The smallest absolute Gasteiger partial charge is 0.326 e. The quantitative estimate of drug-likeness (QED) is 0.0267. The molecule has 3 aliphatic heterocycles. The Balaban J connectivity index is 0.000000162. The van der Waals surface area contributed by atoms with Crippen molar-refractivity contribution in [2.75, 3.05) is 164 Å². The van der Waals surface area contributed by atoms with E-state index in [1.807, 2.05) is 219 Å². The van der Waals surface area contributed by atoms with Gasteiger partial charge in [-0.3, -0.25) is 63.0 Å². The number of pyridine rings is 7. The summed E-state index contributed by atoms with van der Waals surface area (Å²) in [5.74, 6) is -0.122. The number of likely N-dealkylation sites (N-methyl/N-ethyl adjacent to an activating group) is 1. The number of aromatic nitrogens is 7. The van der Waals surface area contributed by atoms with E-state index in [2.05, 4.69) is 110 Å². The highest BCUT2D eigenvalue weighted by molar-refractivity contribution is 5.98. The number of aromatic amines is 7. The second kappa shape index (κ2) is 53.6. The van der Waals surface area contributed by atoms with Crippen molar-refractivity contribution in [2.45, 2.75) is 143 Å². The summed E-state index contributed by atoms with van der Waals surface area (Å²) >= 11 is 0. The SMILES string of the molecule is CN(C)CCCC(=O)Nc1cc2ccccc2c(=O)[nH]1.Cc1cccc2c(=O)[nH]c(C3CCN(N(C)C)CC3)cc12.Cc1cccc2c(=O)[nH]c(C3CCN(NC(=O)C(F)(F)F)CC3)cc12.Cc1cccc2c(=O)[nH]c(NC(=O)CCCN(C)C)cc12.Cc1cccc2c(=O)[nH]c(NC(=O)CCN(C)C)cc12.Cc1cccc2c(=O)[nH]c(NC(=O)CN(C)C)cc12.O=c1[nH]c(CCN2CCCCCC2)cc2ccccc12. The molecule has 776 valence electrons. The van der Waals surface area contributed by atoms with E-state index in [-0.39, 0.29) is 75.0 Å². The summed E-state index contributed by atoms with van der Waals surface area (Å²) in [5, 5.41) is 27.9. The molecule has 17 rings (SSSR count). The number of piperidine rings is 2. The maximum atomic E-state index is 12.3. The van der Waals surface area contributed by atoms with Crippen molar-refractivity contribution in [1.29, 1.82) is 0 Å². The largest absolute Gasteiger partial charge is 0.472 e. The Morgan fingerprint density at radius 3 is 1.05 bits per heavy atom. The Morgan fingerprint density at radius 2 is 0.671 bits per heavy atom. The first kappa shape index (κ1) is 112. The summed E-state index contributed by atoms with van der Waals surface area (Å²) in [6.07, 6.45) is 7.51. The summed E-state index contributed by atoms with van der Waals surface area (Å²) in [7, 11) is 19.5. The van der Waals surface area contributed by atoms with Crippen molar-refractivity contribution >= 4 is 128 Å². The van der Waals surface area contributed by atoms with Gasteiger partial charge in [-0.2, -0.15) is 13.2 Å². The maximum Gasteiger partial charge on any atom is 0.472 e. The van der Waals surface area contributed by atoms with Crippen LogP contribution >= 0.6 is 0 Å². The first-order valence-electron chi connectivity index (χ1n) is 49.5. The molecule has 0 aliphatic carbocycles. The molecule has 10 heterocycles. The van der Waals surface area contributed by atoms with Crippen molar-refractivity contribution in [3.63, 3.8) is 0 Å². The van der Waals surface area contributed by atoms with Gasteiger partial charge in [0, 0.05) is 146 Å². The lowest BCUT2D eigenvalue weighted by molar-refractivity contribution is -0.179. The monoisotopic (exact) mass is 2000 g/mol. The van der Waals surface area contributed by atoms with Crippen LogP contribution in [0.2, 0.25) is 0 Å². The Hall–Kier alpha value is -14.2. The Kier molecular flexibility index (Phi) is 41.2. The number of hydrazine groups is 2. The van der Waals surface area contributed by atoms with Crippen molar-refractivity contribution in [2.24, 2.45) is 0 Å². The van der Waals surface area contributed by atoms with E-state index >= 15 is 0 Å². The number of nitrogens with one attached hydrogen (secondary N) is 12. The van der Waals surface area contributed by atoms with Gasteiger partial charge in [0.2, 0.25) is 23.6 Å². The number of rotatable bonds is 24. The van der Waals surface area contributed by atoms with Gasteiger partial charge in [-0.1, -0.05) is 110 Å². The minimum atomic E-state index is -4.89. The molecular formula is C111H139F3N20O12.